The third kappa shape index (κ3) is 5.11. The number of nitrogens with zero attached hydrogens (tertiary/aromatic N) is 1. The average molecular weight is 323 g/mol. The second-order valence-corrected chi connectivity index (χ2v) is 5.41. The number of aliphatic hydroxyl groups excluding tert-OH is 1. The van der Waals surface area contributed by atoms with Gasteiger partial charge in [0.15, 0.2) is 11.5 Å². The number of ether oxygens (including phenoxy) is 3. The van der Waals surface area contributed by atoms with E-state index in [0.29, 0.717) is 44.0 Å². The Labute approximate surface area is 136 Å². The van der Waals surface area contributed by atoms with Crippen LogP contribution in [0.15, 0.2) is 18.2 Å². The van der Waals surface area contributed by atoms with Crippen LogP contribution in [0, 0.1) is 0 Å². The van der Waals surface area contributed by atoms with Crippen LogP contribution >= 0.6 is 0 Å². The first-order valence-corrected chi connectivity index (χ1v) is 8.09. The van der Waals surface area contributed by atoms with E-state index in [2.05, 4.69) is 4.90 Å². The fourth-order valence-electron chi connectivity index (χ4n) is 2.50. The highest BCUT2D eigenvalue weighted by Crippen LogP contribution is 2.34. The number of carbonyl (C=O) groups is 1. The van der Waals surface area contributed by atoms with E-state index in [-0.39, 0.29) is 12.8 Å². The Morgan fingerprint density at radius 1 is 1.30 bits per heavy atom. The Hall–Kier alpha value is -1.79. The minimum absolute atomic E-state index is 0.178. The van der Waals surface area contributed by atoms with Gasteiger partial charge in [-0.25, -0.2) is 0 Å². The van der Waals surface area contributed by atoms with Gasteiger partial charge < -0.3 is 24.2 Å². The van der Waals surface area contributed by atoms with Gasteiger partial charge in [0.25, 0.3) is 0 Å². The molecule has 0 bridgehead atoms. The first-order chi connectivity index (χ1) is 11.1. The molecule has 1 unspecified atom stereocenters. The predicted molar refractivity (Wildman–Crippen MR) is 85.5 cm³/mol. The van der Waals surface area contributed by atoms with Gasteiger partial charge in [-0.1, -0.05) is 13.0 Å². The first-order valence-electron chi connectivity index (χ1n) is 8.09. The monoisotopic (exact) mass is 323 g/mol. The van der Waals surface area contributed by atoms with E-state index in [1.54, 1.807) is 6.92 Å². The van der Waals surface area contributed by atoms with Crippen LogP contribution in [0.1, 0.15) is 38.4 Å². The molecule has 1 aliphatic heterocycles. The Morgan fingerprint density at radius 3 is 2.83 bits per heavy atom. The lowest BCUT2D eigenvalue weighted by Gasteiger charge is -2.21. The van der Waals surface area contributed by atoms with E-state index >= 15 is 0 Å². The summed E-state index contributed by atoms with van der Waals surface area (Å²) in [6, 6.07) is 5.49. The summed E-state index contributed by atoms with van der Waals surface area (Å²) in [4.78, 5) is 13.5. The molecule has 0 fully saturated rings. The third-order valence-electron chi connectivity index (χ3n) is 3.88. The molecular formula is C17H25NO5. The SMILES string of the molecule is CCOC(=O)CCN(CC)CCC(O)c1ccc2c(c1)OCO2. The smallest absolute Gasteiger partial charge is 0.307 e. The van der Waals surface area contributed by atoms with E-state index < -0.39 is 6.10 Å². The summed E-state index contributed by atoms with van der Waals surface area (Å²) < 4.78 is 15.5. The lowest BCUT2D eigenvalue weighted by molar-refractivity contribution is -0.143. The summed E-state index contributed by atoms with van der Waals surface area (Å²) in [5.41, 5.74) is 0.815. The maximum absolute atomic E-state index is 11.4. The number of rotatable bonds is 9. The minimum Gasteiger partial charge on any atom is -0.466 e. The predicted octanol–water partition coefficient (Wildman–Crippen LogP) is 2.11. The Balaban J connectivity index is 1.80. The van der Waals surface area contributed by atoms with Crippen LogP contribution in [0.4, 0.5) is 0 Å². The molecule has 0 aromatic heterocycles. The van der Waals surface area contributed by atoms with Gasteiger partial charge in [0.1, 0.15) is 0 Å². The van der Waals surface area contributed by atoms with Crippen LogP contribution in [0.3, 0.4) is 0 Å². The fraction of sp³-hybridized carbons (Fsp3) is 0.588. The van der Waals surface area contributed by atoms with Crippen molar-refractivity contribution in [3.8, 4) is 11.5 Å². The second-order valence-electron chi connectivity index (χ2n) is 5.41. The van der Waals surface area contributed by atoms with E-state index in [9.17, 15) is 9.90 Å². The quantitative estimate of drug-likeness (QED) is 0.702. The van der Waals surface area contributed by atoms with Crippen molar-refractivity contribution in [2.75, 3.05) is 33.0 Å². The van der Waals surface area contributed by atoms with Gasteiger partial charge in [-0.3, -0.25) is 4.79 Å². The van der Waals surface area contributed by atoms with Crippen molar-refractivity contribution in [1.29, 1.82) is 0 Å². The number of hydrogen-bond acceptors (Lipinski definition) is 6. The van der Waals surface area contributed by atoms with E-state index in [1.165, 1.54) is 0 Å². The van der Waals surface area contributed by atoms with Gasteiger partial charge in [0, 0.05) is 13.1 Å². The van der Waals surface area contributed by atoms with E-state index in [0.717, 1.165) is 12.1 Å². The molecule has 0 amide bonds. The zero-order chi connectivity index (χ0) is 16.7. The van der Waals surface area contributed by atoms with Crippen molar-refractivity contribution < 1.29 is 24.1 Å². The molecule has 1 heterocycles. The standard InChI is InChI=1S/C17H25NO5/c1-3-18(10-8-17(20)21-4-2)9-7-14(19)13-5-6-15-16(11-13)23-12-22-15/h5-6,11,14,19H,3-4,7-10,12H2,1-2H3. The molecule has 0 saturated carbocycles. The number of fused-ring (bicyclic) bond motifs is 1. The zero-order valence-corrected chi connectivity index (χ0v) is 13.8. The summed E-state index contributed by atoms with van der Waals surface area (Å²) in [7, 11) is 0. The highest BCUT2D eigenvalue weighted by Gasteiger charge is 2.17. The van der Waals surface area contributed by atoms with E-state index in [1.807, 2.05) is 25.1 Å². The molecule has 1 aliphatic rings. The molecule has 0 aliphatic carbocycles. The molecule has 0 spiro atoms. The van der Waals surface area contributed by atoms with Crippen LogP contribution in [-0.4, -0.2) is 49.0 Å². The molecule has 1 aromatic carbocycles. The van der Waals surface area contributed by atoms with Crippen molar-refractivity contribution in [3.05, 3.63) is 23.8 Å². The zero-order valence-electron chi connectivity index (χ0n) is 13.8. The maximum Gasteiger partial charge on any atom is 0.307 e. The van der Waals surface area contributed by atoms with E-state index in [4.69, 9.17) is 14.2 Å². The van der Waals surface area contributed by atoms with Crippen molar-refractivity contribution >= 4 is 5.97 Å². The first kappa shape index (κ1) is 17.6. The van der Waals surface area contributed by atoms with Gasteiger partial charge in [0.05, 0.1) is 19.1 Å². The topological polar surface area (TPSA) is 68.2 Å². The molecule has 0 saturated heterocycles. The molecule has 128 valence electrons. The summed E-state index contributed by atoms with van der Waals surface area (Å²) >= 11 is 0. The molecule has 1 atom stereocenters. The molecule has 23 heavy (non-hydrogen) atoms. The normalized spacial score (nSPS) is 14.1. The summed E-state index contributed by atoms with van der Waals surface area (Å²) in [6.07, 6.45) is 0.402. The fourth-order valence-corrected chi connectivity index (χ4v) is 2.50. The largest absolute Gasteiger partial charge is 0.466 e. The molecule has 2 rings (SSSR count). The minimum atomic E-state index is -0.568. The highest BCUT2D eigenvalue weighted by molar-refractivity contribution is 5.69. The Bertz CT molecular complexity index is 520. The Morgan fingerprint density at radius 2 is 2.09 bits per heavy atom. The third-order valence-corrected chi connectivity index (χ3v) is 3.88. The van der Waals surface area contributed by atoms with Gasteiger partial charge in [-0.05, 0) is 37.6 Å². The number of benzene rings is 1. The van der Waals surface area contributed by atoms with Gasteiger partial charge >= 0.3 is 5.97 Å². The summed E-state index contributed by atoms with van der Waals surface area (Å²) in [5.74, 6) is 1.21. The molecule has 6 nitrogen and oxygen atoms in total. The molecule has 1 aromatic rings. The van der Waals surface area contributed by atoms with Crippen LogP contribution in [-0.2, 0) is 9.53 Å². The van der Waals surface area contributed by atoms with Crippen molar-refractivity contribution in [3.63, 3.8) is 0 Å². The molecule has 0 radical (unpaired) electrons. The Kier molecular flexibility index (Phi) is 6.67. The van der Waals surface area contributed by atoms with Crippen molar-refractivity contribution in [2.24, 2.45) is 0 Å². The number of hydrogen-bond donors (Lipinski definition) is 1. The molecule has 1 N–H and O–H groups in total. The maximum atomic E-state index is 11.4. The van der Waals surface area contributed by atoms with Crippen molar-refractivity contribution in [1.82, 2.24) is 4.90 Å². The molecule has 6 heteroatoms. The van der Waals surface area contributed by atoms with Gasteiger partial charge in [-0.2, -0.15) is 0 Å². The average Bonchev–Trinajstić information content (AvgIpc) is 3.02. The molecular weight excluding hydrogens is 298 g/mol. The van der Waals surface area contributed by atoms with Gasteiger partial charge in [0.2, 0.25) is 6.79 Å². The lowest BCUT2D eigenvalue weighted by atomic mass is 10.1. The van der Waals surface area contributed by atoms with Crippen molar-refractivity contribution in [2.45, 2.75) is 32.8 Å². The number of carbonyl (C=O) groups excluding carboxylic acids is 1. The van der Waals surface area contributed by atoms with Crippen LogP contribution in [0.5, 0.6) is 11.5 Å². The van der Waals surface area contributed by atoms with Gasteiger partial charge in [-0.15, -0.1) is 0 Å². The summed E-state index contributed by atoms with van der Waals surface area (Å²) in [5, 5.41) is 10.3. The number of esters is 1. The second kappa shape index (κ2) is 8.74. The summed E-state index contributed by atoms with van der Waals surface area (Å²) in [6.45, 7) is 6.66. The van der Waals surface area contributed by atoms with Crippen LogP contribution in [0.25, 0.3) is 0 Å². The van der Waals surface area contributed by atoms with Crippen LogP contribution < -0.4 is 9.47 Å². The number of aliphatic hydroxyl groups is 1. The van der Waals surface area contributed by atoms with Crippen LogP contribution in [0.2, 0.25) is 0 Å². The highest BCUT2D eigenvalue weighted by atomic mass is 16.7. The lowest BCUT2D eigenvalue weighted by Crippen LogP contribution is -2.28.